The van der Waals surface area contributed by atoms with Gasteiger partial charge in [-0.05, 0) is 30.7 Å². The van der Waals surface area contributed by atoms with E-state index in [4.69, 9.17) is 5.26 Å². The summed E-state index contributed by atoms with van der Waals surface area (Å²) in [6, 6.07) is 8.07. The maximum Gasteiger partial charge on any atom is 0.123 e. The van der Waals surface area contributed by atoms with Crippen LogP contribution >= 0.6 is 0 Å². The van der Waals surface area contributed by atoms with Crippen molar-refractivity contribution < 1.29 is 4.39 Å². The third-order valence-electron chi connectivity index (χ3n) is 2.19. The second-order valence-corrected chi connectivity index (χ2v) is 3.48. The summed E-state index contributed by atoms with van der Waals surface area (Å²) in [5.41, 5.74) is 0.791. The number of nitrogens with zero attached hydrogens (tertiary/aromatic N) is 1. The number of hydrogen-bond donors (Lipinski definition) is 1. The van der Waals surface area contributed by atoms with E-state index in [1.165, 1.54) is 12.1 Å². The van der Waals surface area contributed by atoms with Crippen molar-refractivity contribution in [2.24, 2.45) is 0 Å². The van der Waals surface area contributed by atoms with Gasteiger partial charge in [0, 0.05) is 5.69 Å². The first-order valence-electron chi connectivity index (χ1n) is 5.18. The number of unbranched alkanes of at least 4 members (excludes halogenated alkanes) is 1. The van der Waals surface area contributed by atoms with Crippen molar-refractivity contribution in [2.45, 2.75) is 32.2 Å². The number of anilines is 1. The Morgan fingerprint density at radius 1 is 1.40 bits per heavy atom. The quantitative estimate of drug-likeness (QED) is 0.802. The van der Waals surface area contributed by atoms with E-state index in [9.17, 15) is 4.39 Å². The molecule has 2 nitrogen and oxygen atoms in total. The van der Waals surface area contributed by atoms with Crippen molar-refractivity contribution in [3.05, 3.63) is 30.1 Å². The predicted molar refractivity (Wildman–Crippen MR) is 58.9 cm³/mol. The molecule has 0 spiro atoms. The Morgan fingerprint density at radius 3 is 2.60 bits per heavy atom. The molecular weight excluding hydrogens is 191 g/mol. The fourth-order valence-electron chi connectivity index (χ4n) is 1.32. The minimum Gasteiger partial charge on any atom is -0.370 e. The molecule has 1 rings (SSSR count). The zero-order valence-corrected chi connectivity index (χ0v) is 8.83. The second-order valence-electron chi connectivity index (χ2n) is 3.48. The molecular formula is C12H15FN2. The lowest BCUT2D eigenvalue weighted by atomic mass is 10.1. The van der Waals surface area contributed by atoms with Crippen LogP contribution in [0.3, 0.4) is 0 Å². The third kappa shape index (κ3) is 3.99. The van der Waals surface area contributed by atoms with Gasteiger partial charge in [0.1, 0.15) is 11.9 Å². The van der Waals surface area contributed by atoms with Crippen molar-refractivity contribution in [3.63, 3.8) is 0 Å². The van der Waals surface area contributed by atoms with Gasteiger partial charge >= 0.3 is 0 Å². The minimum atomic E-state index is -0.261. The fourth-order valence-corrected chi connectivity index (χ4v) is 1.32. The van der Waals surface area contributed by atoms with Crippen molar-refractivity contribution in [3.8, 4) is 6.07 Å². The minimum absolute atomic E-state index is 0.185. The highest BCUT2D eigenvalue weighted by Gasteiger charge is 2.05. The molecule has 1 unspecified atom stereocenters. The molecule has 0 fully saturated rings. The standard InChI is InChI=1S/C12H15FN2/c1-2-3-4-12(9-14)15-11-7-5-10(13)6-8-11/h5-8,12,15H,2-4H2,1H3. The largest absolute Gasteiger partial charge is 0.370 e. The Bertz CT molecular complexity index is 326. The van der Waals surface area contributed by atoms with Crippen LogP contribution in [0.25, 0.3) is 0 Å². The maximum atomic E-state index is 12.6. The highest BCUT2D eigenvalue weighted by molar-refractivity contribution is 5.44. The van der Waals surface area contributed by atoms with Crippen LogP contribution in [0, 0.1) is 17.1 Å². The van der Waals surface area contributed by atoms with Crippen LogP contribution in [0.5, 0.6) is 0 Å². The smallest absolute Gasteiger partial charge is 0.123 e. The van der Waals surface area contributed by atoms with E-state index in [2.05, 4.69) is 18.3 Å². The Morgan fingerprint density at radius 2 is 2.07 bits per heavy atom. The van der Waals surface area contributed by atoms with E-state index in [0.29, 0.717) is 0 Å². The van der Waals surface area contributed by atoms with Crippen molar-refractivity contribution in [1.82, 2.24) is 0 Å². The summed E-state index contributed by atoms with van der Waals surface area (Å²) < 4.78 is 12.6. The first kappa shape index (κ1) is 11.5. The number of nitriles is 1. The fraction of sp³-hybridized carbons (Fsp3) is 0.417. The molecule has 15 heavy (non-hydrogen) atoms. The molecule has 0 saturated heterocycles. The van der Waals surface area contributed by atoms with Crippen LogP contribution in [0.4, 0.5) is 10.1 Å². The average Bonchev–Trinajstić information content (AvgIpc) is 2.27. The Hall–Kier alpha value is -1.56. The van der Waals surface area contributed by atoms with Crippen LogP contribution < -0.4 is 5.32 Å². The molecule has 0 aliphatic rings. The van der Waals surface area contributed by atoms with Gasteiger partial charge in [-0.2, -0.15) is 5.26 Å². The van der Waals surface area contributed by atoms with E-state index < -0.39 is 0 Å². The first-order chi connectivity index (χ1) is 7.26. The molecule has 0 aliphatic carbocycles. The summed E-state index contributed by atoms with van der Waals surface area (Å²) >= 11 is 0. The summed E-state index contributed by atoms with van der Waals surface area (Å²) in [5.74, 6) is -0.261. The summed E-state index contributed by atoms with van der Waals surface area (Å²) in [7, 11) is 0. The zero-order chi connectivity index (χ0) is 11.1. The van der Waals surface area contributed by atoms with Gasteiger partial charge in [0.2, 0.25) is 0 Å². The number of hydrogen-bond acceptors (Lipinski definition) is 2. The van der Waals surface area contributed by atoms with E-state index in [-0.39, 0.29) is 11.9 Å². The Labute approximate surface area is 89.7 Å². The van der Waals surface area contributed by atoms with Crippen LogP contribution in [0.2, 0.25) is 0 Å². The van der Waals surface area contributed by atoms with Crippen molar-refractivity contribution in [1.29, 1.82) is 5.26 Å². The van der Waals surface area contributed by atoms with E-state index in [0.717, 1.165) is 24.9 Å². The molecule has 1 aromatic carbocycles. The Kier molecular flexibility index (Phi) is 4.62. The lowest BCUT2D eigenvalue weighted by Gasteiger charge is -2.11. The van der Waals surface area contributed by atoms with Gasteiger partial charge in [-0.1, -0.05) is 19.8 Å². The van der Waals surface area contributed by atoms with Gasteiger partial charge in [0.05, 0.1) is 6.07 Å². The summed E-state index contributed by atoms with van der Waals surface area (Å²) in [6.07, 6.45) is 2.92. The highest BCUT2D eigenvalue weighted by atomic mass is 19.1. The van der Waals surface area contributed by atoms with Crippen LogP contribution in [0.1, 0.15) is 26.2 Å². The summed E-state index contributed by atoms with van der Waals surface area (Å²) in [5, 5.41) is 11.9. The summed E-state index contributed by atoms with van der Waals surface area (Å²) in [6.45, 7) is 2.09. The molecule has 1 aromatic rings. The third-order valence-corrected chi connectivity index (χ3v) is 2.19. The number of benzene rings is 1. The SMILES string of the molecule is CCCCC(C#N)Nc1ccc(F)cc1. The molecule has 0 saturated carbocycles. The van der Waals surface area contributed by atoms with E-state index >= 15 is 0 Å². The van der Waals surface area contributed by atoms with Gasteiger partial charge in [-0.3, -0.25) is 0 Å². The predicted octanol–water partition coefficient (Wildman–Crippen LogP) is 3.32. The van der Waals surface area contributed by atoms with Crippen molar-refractivity contribution in [2.75, 3.05) is 5.32 Å². The van der Waals surface area contributed by atoms with E-state index in [1.54, 1.807) is 12.1 Å². The van der Waals surface area contributed by atoms with E-state index in [1.807, 2.05) is 0 Å². The molecule has 0 amide bonds. The number of nitrogens with one attached hydrogen (secondary N) is 1. The van der Waals surface area contributed by atoms with Gasteiger partial charge in [0.15, 0.2) is 0 Å². The number of rotatable bonds is 5. The second kappa shape index (κ2) is 6.02. The lowest BCUT2D eigenvalue weighted by Crippen LogP contribution is -2.16. The van der Waals surface area contributed by atoms with Gasteiger partial charge in [-0.15, -0.1) is 0 Å². The van der Waals surface area contributed by atoms with Gasteiger partial charge < -0.3 is 5.32 Å². The molecule has 0 aromatic heterocycles. The lowest BCUT2D eigenvalue weighted by molar-refractivity contribution is 0.627. The van der Waals surface area contributed by atoms with Crippen LogP contribution in [-0.4, -0.2) is 6.04 Å². The number of halogens is 1. The molecule has 1 N–H and O–H groups in total. The van der Waals surface area contributed by atoms with Gasteiger partial charge in [-0.25, -0.2) is 4.39 Å². The monoisotopic (exact) mass is 206 g/mol. The topological polar surface area (TPSA) is 35.8 Å². The Balaban J connectivity index is 2.52. The molecule has 0 aliphatic heterocycles. The van der Waals surface area contributed by atoms with Crippen LogP contribution in [-0.2, 0) is 0 Å². The molecule has 0 heterocycles. The highest BCUT2D eigenvalue weighted by Crippen LogP contribution is 2.12. The van der Waals surface area contributed by atoms with Crippen molar-refractivity contribution >= 4 is 5.69 Å². The normalized spacial score (nSPS) is 11.8. The molecule has 1 atom stereocenters. The maximum absolute atomic E-state index is 12.6. The molecule has 3 heteroatoms. The van der Waals surface area contributed by atoms with Gasteiger partial charge in [0.25, 0.3) is 0 Å². The molecule has 80 valence electrons. The van der Waals surface area contributed by atoms with Crippen LogP contribution in [0.15, 0.2) is 24.3 Å². The molecule has 0 bridgehead atoms. The zero-order valence-electron chi connectivity index (χ0n) is 8.83. The first-order valence-corrected chi connectivity index (χ1v) is 5.18. The average molecular weight is 206 g/mol. The molecule has 0 radical (unpaired) electrons. The summed E-state index contributed by atoms with van der Waals surface area (Å²) in [4.78, 5) is 0.